The van der Waals surface area contributed by atoms with Gasteiger partial charge in [-0.1, -0.05) is 11.6 Å². The molecule has 1 fully saturated rings. The molecule has 0 radical (unpaired) electrons. The predicted octanol–water partition coefficient (Wildman–Crippen LogP) is 3.88. The molecule has 5 heterocycles. The highest BCUT2D eigenvalue weighted by atomic mass is 35.5. The molecule has 6 rings (SSSR count). The normalized spacial score (nSPS) is 16.5. The summed E-state index contributed by atoms with van der Waals surface area (Å²) in [7, 11) is 0. The van der Waals surface area contributed by atoms with E-state index < -0.39 is 0 Å². The van der Waals surface area contributed by atoms with E-state index in [1.54, 1.807) is 28.3 Å². The maximum absolute atomic E-state index is 12.0. The van der Waals surface area contributed by atoms with Crippen LogP contribution in [0.4, 0.5) is 5.69 Å². The lowest BCUT2D eigenvalue weighted by Gasteiger charge is -2.44. The van der Waals surface area contributed by atoms with Gasteiger partial charge in [0.05, 0.1) is 22.8 Å². The second-order valence-corrected chi connectivity index (χ2v) is 9.82. The van der Waals surface area contributed by atoms with Gasteiger partial charge in [0.25, 0.3) is 5.56 Å². The van der Waals surface area contributed by atoms with Crippen molar-refractivity contribution in [2.75, 3.05) is 24.5 Å². The second-order valence-electron chi connectivity index (χ2n) is 8.24. The fraction of sp³-hybridized carbons (Fsp3) is 0.304. The first kappa shape index (κ1) is 19.1. The highest BCUT2D eigenvalue weighted by Crippen LogP contribution is 2.44. The zero-order valence-electron chi connectivity index (χ0n) is 16.9. The number of pyridine rings is 1. The number of thiophene rings is 1. The van der Waals surface area contributed by atoms with Crippen LogP contribution in [0.1, 0.15) is 16.9 Å². The SMILES string of the molecule is O=c1cc[nH]n1Cc1cc2nccc(-c3cc(Cl)cc4c3N(C3CNC3)CCC4)c2s1. The van der Waals surface area contributed by atoms with Gasteiger partial charge >= 0.3 is 0 Å². The Bertz CT molecular complexity index is 1340. The molecule has 158 valence electrons. The fourth-order valence-corrected chi connectivity index (χ4v) is 6.08. The van der Waals surface area contributed by atoms with Crippen molar-refractivity contribution in [2.45, 2.75) is 25.4 Å². The minimum absolute atomic E-state index is 0.0284. The maximum Gasteiger partial charge on any atom is 0.266 e. The summed E-state index contributed by atoms with van der Waals surface area (Å²) in [6, 6.07) is 10.5. The average Bonchev–Trinajstić information content (AvgIpc) is 3.31. The van der Waals surface area contributed by atoms with Crippen molar-refractivity contribution in [1.29, 1.82) is 0 Å². The molecule has 0 saturated carbocycles. The van der Waals surface area contributed by atoms with Crippen LogP contribution in [0.3, 0.4) is 0 Å². The number of nitrogens with one attached hydrogen (secondary N) is 2. The molecular formula is C23H22ClN5OS. The second kappa shape index (κ2) is 7.51. The van der Waals surface area contributed by atoms with Crippen LogP contribution in [0, 0.1) is 0 Å². The minimum Gasteiger partial charge on any atom is -0.365 e. The Morgan fingerprint density at radius 2 is 2.10 bits per heavy atom. The number of aryl methyl sites for hydroxylation is 1. The van der Waals surface area contributed by atoms with Gasteiger partial charge in [0.15, 0.2) is 0 Å². The van der Waals surface area contributed by atoms with E-state index in [0.29, 0.717) is 12.6 Å². The van der Waals surface area contributed by atoms with E-state index in [2.05, 4.69) is 44.6 Å². The molecule has 2 aliphatic rings. The van der Waals surface area contributed by atoms with Crippen molar-refractivity contribution < 1.29 is 0 Å². The first-order valence-electron chi connectivity index (χ1n) is 10.6. The highest BCUT2D eigenvalue weighted by Gasteiger charge is 2.31. The maximum atomic E-state index is 12.0. The molecule has 2 N–H and O–H groups in total. The molecule has 31 heavy (non-hydrogen) atoms. The number of hydrogen-bond donors (Lipinski definition) is 2. The lowest BCUT2D eigenvalue weighted by molar-refractivity contribution is 0.406. The van der Waals surface area contributed by atoms with Gasteiger partial charge in [-0.15, -0.1) is 11.3 Å². The molecule has 0 unspecified atom stereocenters. The Balaban J connectivity index is 1.50. The van der Waals surface area contributed by atoms with Crippen molar-refractivity contribution in [3.8, 4) is 11.1 Å². The summed E-state index contributed by atoms with van der Waals surface area (Å²) in [4.78, 5) is 20.2. The van der Waals surface area contributed by atoms with Gasteiger partial charge < -0.3 is 15.3 Å². The smallest absolute Gasteiger partial charge is 0.266 e. The van der Waals surface area contributed by atoms with Gasteiger partial charge in [0, 0.05) is 64.8 Å². The van der Waals surface area contributed by atoms with E-state index in [0.717, 1.165) is 58.2 Å². The molecule has 3 aromatic heterocycles. The van der Waals surface area contributed by atoms with Crippen molar-refractivity contribution in [2.24, 2.45) is 0 Å². The van der Waals surface area contributed by atoms with Crippen LogP contribution in [-0.4, -0.2) is 40.4 Å². The lowest BCUT2D eigenvalue weighted by atomic mass is 9.92. The molecular weight excluding hydrogens is 430 g/mol. The van der Waals surface area contributed by atoms with Gasteiger partial charge in [-0.3, -0.25) is 9.78 Å². The standard InChI is InChI=1S/C23H22ClN5OS/c24-15-8-14-2-1-7-28(16-11-25-12-16)22(14)19(9-15)18-3-5-26-20-10-17(31-23(18)20)13-29-21(30)4-6-27-29/h3-6,8-10,16,25,27H,1-2,7,11-13H2. The number of aromatic amines is 1. The lowest BCUT2D eigenvalue weighted by Crippen LogP contribution is -2.58. The van der Waals surface area contributed by atoms with Crippen LogP contribution in [0.25, 0.3) is 21.3 Å². The summed E-state index contributed by atoms with van der Waals surface area (Å²) in [5, 5.41) is 7.18. The van der Waals surface area contributed by atoms with Crippen molar-refractivity contribution >= 4 is 38.8 Å². The number of benzene rings is 1. The molecule has 0 spiro atoms. The molecule has 8 heteroatoms. The van der Waals surface area contributed by atoms with Crippen LogP contribution in [0.15, 0.2) is 47.5 Å². The molecule has 0 bridgehead atoms. The van der Waals surface area contributed by atoms with Gasteiger partial charge in [-0.2, -0.15) is 0 Å². The first-order valence-corrected chi connectivity index (χ1v) is 11.8. The van der Waals surface area contributed by atoms with Crippen molar-refractivity contribution in [3.63, 3.8) is 0 Å². The van der Waals surface area contributed by atoms with Crippen molar-refractivity contribution in [3.05, 3.63) is 68.5 Å². The number of fused-ring (bicyclic) bond motifs is 2. The molecule has 0 amide bonds. The van der Waals surface area contributed by atoms with E-state index >= 15 is 0 Å². The molecule has 4 aromatic rings. The van der Waals surface area contributed by atoms with Crippen LogP contribution in [-0.2, 0) is 13.0 Å². The number of hydrogen-bond acceptors (Lipinski definition) is 5. The quantitative estimate of drug-likeness (QED) is 0.494. The van der Waals surface area contributed by atoms with E-state index in [-0.39, 0.29) is 5.56 Å². The Morgan fingerprint density at radius 1 is 1.19 bits per heavy atom. The summed E-state index contributed by atoms with van der Waals surface area (Å²) in [6.45, 7) is 3.65. The topological polar surface area (TPSA) is 66.0 Å². The number of H-pyrrole nitrogens is 1. The highest BCUT2D eigenvalue weighted by molar-refractivity contribution is 7.19. The molecule has 0 atom stereocenters. The van der Waals surface area contributed by atoms with Gasteiger partial charge in [-0.25, -0.2) is 4.68 Å². The minimum atomic E-state index is -0.0284. The zero-order valence-corrected chi connectivity index (χ0v) is 18.5. The van der Waals surface area contributed by atoms with Gasteiger partial charge in [0.2, 0.25) is 0 Å². The number of nitrogens with zero attached hydrogens (tertiary/aromatic N) is 3. The van der Waals surface area contributed by atoms with E-state index in [4.69, 9.17) is 11.6 Å². The van der Waals surface area contributed by atoms with E-state index in [1.807, 2.05) is 6.20 Å². The van der Waals surface area contributed by atoms with Crippen LogP contribution in [0.2, 0.25) is 5.02 Å². The summed E-state index contributed by atoms with van der Waals surface area (Å²) in [5.74, 6) is 0. The molecule has 1 aromatic carbocycles. The van der Waals surface area contributed by atoms with Gasteiger partial charge in [-0.05, 0) is 42.7 Å². The van der Waals surface area contributed by atoms with Crippen LogP contribution >= 0.6 is 22.9 Å². The Morgan fingerprint density at radius 3 is 2.87 bits per heavy atom. The third kappa shape index (κ3) is 3.28. The fourth-order valence-electron chi connectivity index (χ4n) is 4.71. The third-order valence-corrected chi connectivity index (χ3v) is 7.64. The summed E-state index contributed by atoms with van der Waals surface area (Å²) < 4.78 is 2.75. The molecule has 1 saturated heterocycles. The monoisotopic (exact) mass is 451 g/mol. The number of aromatic nitrogens is 3. The Labute approximate surface area is 188 Å². The van der Waals surface area contributed by atoms with Crippen molar-refractivity contribution in [1.82, 2.24) is 20.1 Å². The summed E-state index contributed by atoms with van der Waals surface area (Å²) in [6.07, 6.45) is 5.75. The summed E-state index contributed by atoms with van der Waals surface area (Å²) in [5.41, 5.74) is 5.94. The third-order valence-electron chi connectivity index (χ3n) is 6.28. The van der Waals surface area contributed by atoms with Gasteiger partial charge in [0.1, 0.15) is 0 Å². The Hall–Kier alpha value is -2.61. The van der Waals surface area contributed by atoms with Crippen LogP contribution < -0.4 is 15.8 Å². The Kier molecular flexibility index (Phi) is 4.63. The average molecular weight is 452 g/mol. The predicted molar refractivity (Wildman–Crippen MR) is 127 cm³/mol. The zero-order chi connectivity index (χ0) is 20.9. The number of rotatable bonds is 4. The van der Waals surface area contributed by atoms with Crippen LogP contribution in [0.5, 0.6) is 0 Å². The number of halogens is 1. The van der Waals surface area contributed by atoms with E-state index in [1.165, 1.54) is 16.8 Å². The number of anilines is 1. The molecule has 2 aliphatic heterocycles. The largest absolute Gasteiger partial charge is 0.365 e. The molecule has 6 nitrogen and oxygen atoms in total. The summed E-state index contributed by atoms with van der Waals surface area (Å²) >= 11 is 8.29. The first-order chi connectivity index (χ1) is 15.2. The van der Waals surface area contributed by atoms with E-state index in [9.17, 15) is 4.79 Å². The molecule has 0 aliphatic carbocycles.